The van der Waals surface area contributed by atoms with Gasteiger partial charge in [-0.3, -0.25) is 0 Å². The number of hydrogen-bond acceptors (Lipinski definition) is 3. The maximum absolute atomic E-state index is 12.4. The average molecular weight is 219 g/mol. The van der Waals surface area contributed by atoms with E-state index in [1.54, 1.807) is 6.07 Å². The second-order valence-electron chi connectivity index (χ2n) is 2.33. The summed E-state index contributed by atoms with van der Waals surface area (Å²) in [5.41, 5.74) is -0.667. The Morgan fingerprint density at radius 1 is 1.64 bits per heavy atom. The zero-order chi connectivity index (χ0) is 10.7. The lowest BCUT2D eigenvalue weighted by Crippen LogP contribution is -1.98. The van der Waals surface area contributed by atoms with Crippen LogP contribution in [0.3, 0.4) is 0 Å². The van der Waals surface area contributed by atoms with Crippen molar-refractivity contribution in [3.8, 4) is 11.8 Å². The highest BCUT2D eigenvalue weighted by atomic mass is 35.5. The first-order chi connectivity index (χ1) is 6.60. The summed E-state index contributed by atoms with van der Waals surface area (Å²) in [5.74, 6) is -0.230. The maximum atomic E-state index is 12.4. The van der Waals surface area contributed by atoms with Crippen molar-refractivity contribution in [2.75, 3.05) is 7.11 Å². The molecule has 0 N–H and O–H groups in total. The number of methoxy groups -OCH3 is 1. The summed E-state index contributed by atoms with van der Waals surface area (Å²) >= 11 is 5.45. The van der Waals surface area contributed by atoms with Gasteiger partial charge in [0.15, 0.2) is 11.4 Å². The zero-order valence-corrected chi connectivity index (χ0v) is 7.85. The van der Waals surface area contributed by atoms with Crippen LogP contribution in [0, 0.1) is 11.3 Å². The molecule has 0 saturated carbocycles. The van der Waals surface area contributed by atoms with Crippen molar-refractivity contribution in [3.63, 3.8) is 0 Å². The fourth-order valence-corrected chi connectivity index (χ4v) is 1.17. The van der Waals surface area contributed by atoms with Crippen molar-refractivity contribution < 1.29 is 13.5 Å². The number of hydrogen-bond donors (Lipinski definition) is 0. The Labute approximate surface area is 83.9 Å². The van der Waals surface area contributed by atoms with Crippen LogP contribution in [0.5, 0.6) is 5.75 Å². The molecule has 0 unspecified atom stereocenters. The van der Waals surface area contributed by atoms with Crippen LogP contribution in [0.25, 0.3) is 0 Å². The van der Waals surface area contributed by atoms with E-state index in [-0.39, 0.29) is 16.6 Å². The van der Waals surface area contributed by atoms with Crippen molar-refractivity contribution in [2.24, 2.45) is 0 Å². The molecule has 0 spiro atoms. The van der Waals surface area contributed by atoms with E-state index < -0.39 is 12.0 Å². The summed E-state index contributed by atoms with van der Waals surface area (Å²) in [6.07, 6.45) is -2.75. The Morgan fingerprint density at radius 3 is 2.71 bits per heavy atom. The molecule has 0 aromatic carbocycles. The van der Waals surface area contributed by atoms with Crippen LogP contribution in [0.2, 0.25) is 5.15 Å². The topological polar surface area (TPSA) is 45.9 Å². The van der Waals surface area contributed by atoms with Crippen LogP contribution < -0.4 is 4.74 Å². The predicted molar refractivity (Wildman–Crippen MR) is 45.5 cm³/mol. The van der Waals surface area contributed by atoms with Gasteiger partial charge in [0, 0.05) is 0 Å². The van der Waals surface area contributed by atoms with Crippen LogP contribution in [0.1, 0.15) is 17.7 Å². The van der Waals surface area contributed by atoms with Gasteiger partial charge >= 0.3 is 0 Å². The third-order valence-corrected chi connectivity index (χ3v) is 1.71. The molecule has 0 bridgehead atoms. The summed E-state index contributed by atoms with van der Waals surface area (Å²) < 4.78 is 29.5. The summed E-state index contributed by atoms with van der Waals surface area (Å²) in [7, 11) is 1.19. The summed E-state index contributed by atoms with van der Waals surface area (Å²) in [5, 5.41) is 8.43. The molecule has 0 aliphatic heterocycles. The second-order valence-corrected chi connectivity index (χ2v) is 2.72. The van der Waals surface area contributed by atoms with Crippen LogP contribution in [-0.2, 0) is 0 Å². The number of rotatable bonds is 2. The highest BCUT2D eigenvalue weighted by Crippen LogP contribution is 2.32. The molecule has 1 aromatic rings. The van der Waals surface area contributed by atoms with Gasteiger partial charge in [-0.15, -0.1) is 0 Å². The lowest BCUT2D eigenvalue weighted by molar-refractivity contribution is 0.147. The van der Waals surface area contributed by atoms with Crippen LogP contribution in [0.15, 0.2) is 6.07 Å². The number of nitriles is 1. The first-order valence-electron chi connectivity index (χ1n) is 3.52. The molecular formula is C8H5ClF2N2O. The Kier molecular flexibility index (Phi) is 3.20. The van der Waals surface area contributed by atoms with Crippen LogP contribution in [0.4, 0.5) is 8.78 Å². The smallest absolute Gasteiger partial charge is 0.267 e. The minimum atomic E-state index is -2.75. The van der Waals surface area contributed by atoms with Gasteiger partial charge in [0.2, 0.25) is 0 Å². The largest absolute Gasteiger partial charge is 0.493 e. The minimum Gasteiger partial charge on any atom is -0.493 e. The minimum absolute atomic E-state index is 0.155. The molecule has 1 aromatic heterocycles. The molecule has 1 rings (SSSR count). The van der Waals surface area contributed by atoms with Gasteiger partial charge in [-0.05, 0) is 6.07 Å². The third kappa shape index (κ3) is 1.91. The molecule has 0 aliphatic carbocycles. The number of aromatic nitrogens is 1. The lowest BCUT2D eigenvalue weighted by atomic mass is 10.2. The monoisotopic (exact) mass is 218 g/mol. The summed E-state index contributed by atoms with van der Waals surface area (Å²) in [4.78, 5) is 3.55. The number of nitrogens with zero attached hydrogens (tertiary/aromatic N) is 2. The van der Waals surface area contributed by atoms with E-state index in [0.29, 0.717) is 0 Å². The third-order valence-electron chi connectivity index (χ3n) is 1.52. The van der Waals surface area contributed by atoms with Crippen molar-refractivity contribution in [1.29, 1.82) is 5.26 Å². The molecule has 3 nitrogen and oxygen atoms in total. The molecular weight excluding hydrogens is 214 g/mol. The normalized spacial score (nSPS) is 10.0. The first kappa shape index (κ1) is 10.7. The second kappa shape index (κ2) is 4.20. The number of alkyl halides is 2. The Morgan fingerprint density at radius 2 is 2.29 bits per heavy atom. The number of halogens is 3. The number of pyridine rings is 1. The number of ether oxygens (including phenoxy) is 1. The van der Waals surface area contributed by atoms with Gasteiger partial charge in [0.05, 0.1) is 12.7 Å². The van der Waals surface area contributed by atoms with E-state index >= 15 is 0 Å². The van der Waals surface area contributed by atoms with Gasteiger partial charge in [0.25, 0.3) is 6.43 Å². The molecule has 0 radical (unpaired) electrons. The molecule has 0 amide bonds. The molecule has 0 fully saturated rings. The predicted octanol–water partition coefficient (Wildman–Crippen LogP) is 2.55. The van der Waals surface area contributed by atoms with E-state index in [0.717, 1.165) is 6.07 Å². The SMILES string of the molecule is COc1c(C(F)F)cc(Cl)nc1C#N. The van der Waals surface area contributed by atoms with Gasteiger partial charge in [0.1, 0.15) is 11.2 Å². The molecule has 14 heavy (non-hydrogen) atoms. The summed E-state index contributed by atoms with van der Waals surface area (Å²) in [6, 6.07) is 2.61. The standard InChI is InChI=1S/C8H5ClF2N2O/c1-14-7-4(8(10)11)2-6(9)13-5(7)3-12/h2,8H,1H3. The van der Waals surface area contributed by atoms with Gasteiger partial charge in [-0.1, -0.05) is 11.6 Å². The highest BCUT2D eigenvalue weighted by molar-refractivity contribution is 6.29. The van der Waals surface area contributed by atoms with E-state index in [9.17, 15) is 8.78 Å². The van der Waals surface area contributed by atoms with Crippen molar-refractivity contribution >= 4 is 11.6 Å². The van der Waals surface area contributed by atoms with Crippen molar-refractivity contribution in [2.45, 2.75) is 6.43 Å². The zero-order valence-electron chi connectivity index (χ0n) is 7.09. The van der Waals surface area contributed by atoms with E-state index in [4.69, 9.17) is 16.9 Å². The van der Waals surface area contributed by atoms with Gasteiger partial charge in [-0.25, -0.2) is 13.8 Å². The lowest BCUT2D eigenvalue weighted by Gasteiger charge is -2.08. The fourth-order valence-electron chi connectivity index (χ4n) is 0.973. The van der Waals surface area contributed by atoms with E-state index in [2.05, 4.69) is 9.72 Å². The van der Waals surface area contributed by atoms with Crippen LogP contribution >= 0.6 is 11.6 Å². The van der Waals surface area contributed by atoms with Gasteiger partial charge in [-0.2, -0.15) is 5.26 Å². The first-order valence-corrected chi connectivity index (χ1v) is 3.90. The van der Waals surface area contributed by atoms with E-state index in [1.165, 1.54) is 7.11 Å². The Hall–Kier alpha value is -1.41. The average Bonchev–Trinajstić information content (AvgIpc) is 2.16. The molecule has 0 saturated heterocycles. The Balaban J connectivity index is 3.41. The molecule has 0 aliphatic rings. The highest BCUT2D eigenvalue weighted by Gasteiger charge is 2.19. The van der Waals surface area contributed by atoms with E-state index in [1.807, 2.05) is 0 Å². The van der Waals surface area contributed by atoms with Crippen LogP contribution in [-0.4, -0.2) is 12.1 Å². The van der Waals surface area contributed by atoms with Gasteiger partial charge < -0.3 is 4.74 Å². The van der Waals surface area contributed by atoms with Crippen molar-refractivity contribution in [3.05, 3.63) is 22.5 Å². The summed E-state index contributed by atoms with van der Waals surface area (Å²) in [6.45, 7) is 0. The molecule has 6 heteroatoms. The molecule has 0 atom stereocenters. The Bertz CT molecular complexity index is 390. The maximum Gasteiger partial charge on any atom is 0.267 e. The molecule has 74 valence electrons. The molecule has 1 heterocycles. The quantitative estimate of drug-likeness (QED) is 0.717. The van der Waals surface area contributed by atoms with Crippen molar-refractivity contribution in [1.82, 2.24) is 4.98 Å². The fraction of sp³-hybridized carbons (Fsp3) is 0.250.